The van der Waals surface area contributed by atoms with E-state index < -0.39 is 53.6 Å². The van der Waals surface area contributed by atoms with Gasteiger partial charge >= 0.3 is 12.6 Å². The van der Waals surface area contributed by atoms with Crippen molar-refractivity contribution in [3.05, 3.63) is 93.1 Å². The van der Waals surface area contributed by atoms with E-state index in [0.29, 0.717) is 23.8 Å². The zero-order valence-corrected chi connectivity index (χ0v) is 21.0. The largest absolute Gasteiger partial charge is 0.418 e. The summed E-state index contributed by atoms with van der Waals surface area (Å²) in [6.07, 6.45) is -2.20. The molecule has 1 aliphatic rings. The van der Waals surface area contributed by atoms with Gasteiger partial charge in [0.25, 0.3) is 11.4 Å². The van der Waals surface area contributed by atoms with E-state index in [9.17, 15) is 39.9 Å². The monoisotopic (exact) mass is 587 g/mol. The fraction of sp³-hybridized carbons (Fsp3) is 0.346. The van der Waals surface area contributed by atoms with E-state index in [1.54, 1.807) is 0 Å². The van der Waals surface area contributed by atoms with Crippen molar-refractivity contribution in [2.24, 2.45) is 0 Å². The van der Waals surface area contributed by atoms with Crippen molar-refractivity contribution in [3.63, 3.8) is 0 Å². The second-order valence-corrected chi connectivity index (χ2v) is 9.12. The lowest BCUT2D eigenvalue weighted by Crippen LogP contribution is -2.30. The first kappa shape index (κ1) is 29.8. The molecule has 1 aromatic carbocycles. The summed E-state index contributed by atoms with van der Waals surface area (Å²) < 4.78 is 107. The van der Waals surface area contributed by atoms with Crippen molar-refractivity contribution >= 4 is 0 Å². The normalized spacial score (nSPS) is 14.2. The molecule has 0 spiro atoms. The van der Waals surface area contributed by atoms with Gasteiger partial charge in [-0.1, -0.05) is 24.4 Å². The number of rotatable bonds is 5. The van der Waals surface area contributed by atoms with E-state index in [0.717, 1.165) is 48.9 Å². The molecule has 0 bridgehead atoms. The van der Waals surface area contributed by atoms with Crippen LogP contribution in [0.1, 0.15) is 67.2 Å². The summed E-state index contributed by atoms with van der Waals surface area (Å²) in [5.74, 6) is -4.00. The van der Waals surface area contributed by atoms with Crippen LogP contribution in [0, 0.1) is 17.5 Å². The highest BCUT2D eigenvalue weighted by molar-refractivity contribution is 5.49. The molecule has 7 nitrogen and oxygen atoms in total. The van der Waals surface area contributed by atoms with E-state index in [1.807, 2.05) is 0 Å². The van der Waals surface area contributed by atoms with E-state index >= 15 is 0 Å². The Morgan fingerprint density at radius 1 is 0.976 bits per heavy atom. The van der Waals surface area contributed by atoms with Crippen molar-refractivity contribution in [3.8, 4) is 11.5 Å². The summed E-state index contributed by atoms with van der Waals surface area (Å²) in [7, 11) is 0. The topological polar surface area (TPSA) is 86.7 Å². The van der Waals surface area contributed by atoms with Crippen LogP contribution in [0.5, 0.6) is 0 Å². The van der Waals surface area contributed by atoms with Crippen molar-refractivity contribution < 1.29 is 39.6 Å². The van der Waals surface area contributed by atoms with Gasteiger partial charge in [-0.2, -0.15) is 32.0 Å². The van der Waals surface area contributed by atoms with Gasteiger partial charge in [0.05, 0.1) is 17.8 Å². The number of nitrogens with zero attached hydrogens (tertiary/aromatic N) is 5. The average Bonchev–Trinajstić information content (AvgIpc) is 3.41. The van der Waals surface area contributed by atoms with Crippen LogP contribution in [0.15, 0.2) is 51.9 Å². The molecular formula is C26H21F8N5O2. The highest BCUT2D eigenvalue weighted by Crippen LogP contribution is 2.33. The molecular weight excluding hydrogens is 566 g/mol. The van der Waals surface area contributed by atoms with Crippen LogP contribution >= 0.6 is 0 Å². The Morgan fingerprint density at radius 2 is 1.61 bits per heavy atom. The van der Waals surface area contributed by atoms with Gasteiger partial charge in [0.1, 0.15) is 23.1 Å². The number of alkyl halides is 5. The van der Waals surface area contributed by atoms with E-state index in [-0.39, 0.29) is 23.1 Å². The Hall–Kier alpha value is -4.17. The molecule has 0 aliphatic heterocycles. The third-order valence-electron chi connectivity index (χ3n) is 6.23. The minimum atomic E-state index is -4.67. The fourth-order valence-corrected chi connectivity index (χ4v) is 4.40. The maximum Gasteiger partial charge on any atom is 0.418 e. The van der Waals surface area contributed by atoms with Crippen LogP contribution in [0.25, 0.3) is 11.5 Å². The predicted octanol–water partition coefficient (Wildman–Crippen LogP) is 6.84. The van der Waals surface area contributed by atoms with Crippen LogP contribution in [-0.2, 0) is 12.7 Å². The summed E-state index contributed by atoms with van der Waals surface area (Å²) in [6.45, 7) is -0.554. The summed E-state index contributed by atoms with van der Waals surface area (Å²) in [5, 5.41) is 7.55. The highest BCUT2D eigenvalue weighted by Gasteiger charge is 2.34. The summed E-state index contributed by atoms with van der Waals surface area (Å²) in [4.78, 5) is 20.5. The Labute approximate surface area is 226 Å². The molecule has 3 aromatic heterocycles. The van der Waals surface area contributed by atoms with Gasteiger partial charge in [-0.25, -0.2) is 17.9 Å². The van der Waals surface area contributed by atoms with Crippen molar-refractivity contribution in [2.75, 3.05) is 0 Å². The Kier molecular flexibility index (Phi) is 9.13. The maximum atomic E-state index is 13.4. The number of benzene rings is 1. The first-order valence-corrected chi connectivity index (χ1v) is 12.3. The predicted molar refractivity (Wildman–Crippen MR) is 127 cm³/mol. The second kappa shape index (κ2) is 12.6. The van der Waals surface area contributed by atoms with E-state index in [2.05, 4.69) is 24.7 Å². The van der Waals surface area contributed by atoms with Crippen LogP contribution in [-0.4, -0.2) is 24.9 Å². The number of halogens is 8. The lowest BCUT2D eigenvalue weighted by Gasteiger charge is -2.22. The van der Waals surface area contributed by atoms with Gasteiger partial charge in [0.15, 0.2) is 0 Å². The molecule has 5 rings (SSSR count). The lowest BCUT2D eigenvalue weighted by atomic mass is 9.84. The lowest BCUT2D eigenvalue weighted by molar-refractivity contribution is -0.138. The molecule has 41 heavy (non-hydrogen) atoms. The third-order valence-corrected chi connectivity index (χ3v) is 6.23. The fourth-order valence-electron chi connectivity index (χ4n) is 4.40. The minimum Gasteiger partial charge on any atom is -0.333 e. The van der Waals surface area contributed by atoms with Gasteiger partial charge in [-0.05, 0) is 37.0 Å². The van der Waals surface area contributed by atoms with Crippen molar-refractivity contribution in [2.45, 2.75) is 57.2 Å². The van der Waals surface area contributed by atoms with Gasteiger partial charge < -0.3 is 4.52 Å². The number of aromatic nitrogens is 5. The molecule has 3 heterocycles. The minimum absolute atomic E-state index is 0.0367. The van der Waals surface area contributed by atoms with Crippen molar-refractivity contribution in [1.82, 2.24) is 24.9 Å². The molecule has 1 saturated carbocycles. The molecule has 4 aromatic rings. The number of hydrogen-bond acceptors (Lipinski definition) is 6. The number of hydrogen-bond donors (Lipinski definition) is 0. The summed E-state index contributed by atoms with van der Waals surface area (Å²) in [6, 6.07) is 5.28. The Bertz CT molecular complexity index is 1500. The van der Waals surface area contributed by atoms with Gasteiger partial charge in [0.2, 0.25) is 5.82 Å². The quantitative estimate of drug-likeness (QED) is 0.238. The summed E-state index contributed by atoms with van der Waals surface area (Å²) in [5.41, 5.74) is -1.63. The van der Waals surface area contributed by atoms with E-state index in [4.69, 9.17) is 0 Å². The highest BCUT2D eigenvalue weighted by atomic mass is 19.4. The molecule has 0 radical (unpaired) electrons. The molecule has 1 fully saturated rings. The molecule has 0 N–H and O–H groups in total. The molecule has 0 amide bonds. The van der Waals surface area contributed by atoms with Crippen LogP contribution in [0.4, 0.5) is 35.1 Å². The second-order valence-electron chi connectivity index (χ2n) is 9.12. The molecule has 1 aliphatic carbocycles. The van der Waals surface area contributed by atoms with Gasteiger partial charge in [-0.3, -0.25) is 9.78 Å². The molecule has 15 heteroatoms. The number of pyridine rings is 1. The standard InChI is InChI=1S/C20H18F5N5O2.C6H3F3/c21-16(22)18-27-17(29-32-18)14-9-12(11-5-2-1-3-6-11)19(31)30(28-14)10-15-13(20(23,24)25)7-4-8-26-15;7-4-1-5(8)3-6(9)2-4/h4,7-9,11,16H,1-3,5-6,10H2;1-3H. The SMILES string of the molecule is Fc1cc(F)cc(F)c1.O=c1c(C2CCCCC2)cc(-c2noc(C(F)F)n2)nn1Cc1ncccc1C(F)(F)F. The molecule has 218 valence electrons. The van der Waals surface area contributed by atoms with E-state index in [1.165, 1.54) is 12.3 Å². The molecule has 0 saturated heterocycles. The van der Waals surface area contributed by atoms with Crippen molar-refractivity contribution in [1.29, 1.82) is 0 Å². The Balaban J connectivity index is 0.000000367. The van der Waals surface area contributed by atoms with Gasteiger partial charge in [0, 0.05) is 30.0 Å². The third kappa shape index (κ3) is 7.52. The summed E-state index contributed by atoms with van der Waals surface area (Å²) >= 11 is 0. The Morgan fingerprint density at radius 3 is 2.17 bits per heavy atom. The zero-order chi connectivity index (χ0) is 29.7. The first-order valence-electron chi connectivity index (χ1n) is 12.3. The molecule has 0 unspecified atom stereocenters. The average molecular weight is 587 g/mol. The first-order chi connectivity index (χ1) is 19.4. The van der Waals surface area contributed by atoms with Gasteiger partial charge in [-0.15, -0.1) is 0 Å². The van der Waals surface area contributed by atoms with Crippen LogP contribution in [0.3, 0.4) is 0 Å². The van der Waals surface area contributed by atoms with Crippen LogP contribution in [0.2, 0.25) is 0 Å². The van der Waals surface area contributed by atoms with Crippen LogP contribution < -0.4 is 5.56 Å². The zero-order valence-electron chi connectivity index (χ0n) is 21.0. The smallest absolute Gasteiger partial charge is 0.333 e. The maximum absolute atomic E-state index is 13.4. The molecule has 0 atom stereocenters.